The van der Waals surface area contributed by atoms with Crippen molar-refractivity contribution in [2.24, 2.45) is 5.41 Å². The standard InChI is InChI=1S/C21H27N5O.2C2H4O2/c1-2-21(13-15-7-8-18(21)24-15)20(27)26-11-9-25(10-12-26)19-16-5-3-4-6-17(16)22-14-23-19;2*1-2(3)4/h3-6,14-15,18,24H,2,7-13H2,1H3;2*1H3,(H,3,4)/t15-,18+,21+;;/m0../s1. The molecule has 3 saturated heterocycles. The first-order valence-corrected chi connectivity index (χ1v) is 12.1. The summed E-state index contributed by atoms with van der Waals surface area (Å²) in [6.07, 6.45) is 5.98. The molecule has 3 aliphatic rings. The van der Waals surface area contributed by atoms with Crippen molar-refractivity contribution in [3.05, 3.63) is 30.6 Å². The SMILES string of the molecule is CC(=O)O.CC(=O)O.CC[C@@]1(C(=O)N2CCN(c3ncnc4ccccc34)CC2)C[C@@H]2CC[C@H]1N2. The summed E-state index contributed by atoms with van der Waals surface area (Å²) in [6, 6.07) is 9.06. The summed E-state index contributed by atoms with van der Waals surface area (Å²) in [5.41, 5.74) is 0.797. The molecule has 10 heteroatoms. The minimum atomic E-state index is -0.833. The van der Waals surface area contributed by atoms with E-state index in [1.165, 1.54) is 6.42 Å². The molecule has 1 amide bonds. The second-order valence-electron chi connectivity index (χ2n) is 9.24. The van der Waals surface area contributed by atoms with Crippen LogP contribution in [0.4, 0.5) is 5.82 Å². The Hall–Kier alpha value is -3.27. The number of hydrogen-bond donors (Lipinski definition) is 3. The number of carbonyl (C=O) groups excluding carboxylic acids is 1. The molecule has 10 nitrogen and oxygen atoms in total. The average Bonchev–Trinajstić information content (AvgIpc) is 3.45. The highest BCUT2D eigenvalue weighted by atomic mass is 16.4. The summed E-state index contributed by atoms with van der Waals surface area (Å²) in [7, 11) is 0. The fourth-order valence-electron chi connectivity index (χ4n) is 5.45. The molecule has 5 rings (SSSR count). The number of piperazine rings is 1. The number of aromatic nitrogens is 2. The molecule has 0 spiro atoms. The largest absolute Gasteiger partial charge is 0.481 e. The number of carboxylic acids is 2. The minimum absolute atomic E-state index is 0.174. The predicted octanol–water partition coefficient (Wildman–Crippen LogP) is 2.38. The Kier molecular flexibility index (Phi) is 8.61. The van der Waals surface area contributed by atoms with Gasteiger partial charge < -0.3 is 25.3 Å². The van der Waals surface area contributed by atoms with Crippen LogP contribution in [0.2, 0.25) is 0 Å². The Morgan fingerprint density at radius 2 is 1.66 bits per heavy atom. The maximum Gasteiger partial charge on any atom is 0.300 e. The topological polar surface area (TPSA) is 136 Å². The first-order valence-electron chi connectivity index (χ1n) is 12.1. The zero-order chi connectivity index (χ0) is 25.6. The number of carboxylic acid groups (broad SMARTS) is 2. The van der Waals surface area contributed by atoms with Crippen LogP contribution in [0.3, 0.4) is 0 Å². The molecule has 190 valence electrons. The van der Waals surface area contributed by atoms with Gasteiger partial charge in [-0.3, -0.25) is 14.4 Å². The van der Waals surface area contributed by atoms with Gasteiger partial charge in [0.2, 0.25) is 5.91 Å². The molecule has 3 aliphatic heterocycles. The molecule has 0 radical (unpaired) electrons. The van der Waals surface area contributed by atoms with Gasteiger partial charge in [0.15, 0.2) is 0 Å². The quantitative estimate of drug-likeness (QED) is 0.598. The molecular formula is C25H35N5O5. The first kappa shape index (κ1) is 26.3. The van der Waals surface area contributed by atoms with Gasteiger partial charge in [-0.2, -0.15) is 0 Å². The molecule has 1 aromatic heterocycles. The lowest BCUT2D eigenvalue weighted by Crippen LogP contribution is -2.56. The van der Waals surface area contributed by atoms with Gasteiger partial charge >= 0.3 is 0 Å². The lowest BCUT2D eigenvalue weighted by molar-refractivity contribution is -0.144. The number of amides is 1. The average molecular weight is 486 g/mol. The molecule has 3 N–H and O–H groups in total. The Morgan fingerprint density at radius 3 is 2.20 bits per heavy atom. The highest BCUT2D eigenvalue weighted by molar-refractivity contribution is 5.89. The van der Waals surface area contributed by atoms with Crippen molar-refractivity contribution in [2.45, 2.75) is 58.5 Å². The van der Waals surface area contributed by atoms with Crippen LogP contribution in [0.1, 0.15) is 46.5 Å². The summed E-state index contributed by atoms with van der Waals surface area (Å²) in [5.74, 6) is -0.309. The highest BCUT2D eigenvalue weighted by Crippen LogP contribution is 2.47. The van der Waals surface area contributed by atoms with Crippen LogP contribution < -0.4 is 10.2 Å². The number of aliphatic carboxylic acids is 2. The second kappa shape index (κ2) is 11.4. The van der Waals surface area contributed by atoms with Crippen LogP contribution in [0.25, 0.3) is 10.9 Å². The van der Waals surface area contributed by atoms with Crippen molar-refractivity contribution in [2.75, 3.05) is 31.1 Å². The summed E-state index contributed by atoms with van der Waals surface area (Å²) >= 11 is 0. The molecule has 2 aromatic rings. The zero-order valence-electron chi connectivity index (χ0n) is 20.6. The highest BCUT2D eigenvalue weighted by Gasteiger charge is 2.55. The molecule has 0 aliphatic carbocycles. The molecule has 1 aromatic carbocycles. The normalized spacial score (nSPS) is 24.8. The number of carbonyl (C=O) groups is 3. The fourth-order valence-corrected chi connectivity index (χ4v) is 5.45. The second-order valence-corrected chi connectivity index (χ2v) is 9.24. The fraction of sp³-hybridized carbons (Fsp3) is 0.560. The number of nitrogens with zero attached hydrogens (tertiary/aromatic N) is 4. The van der Waals surface area contributed by atoms with E-state index in [4.69, 9.17) is 19.8 Å². The van der Waals surface area contributed by atoms with Crippen molar-refractivity contribution in [3.8, 4) is 0 Å². The molecule has 3 fully saturated rings. The lowest BCUT2D eigenvalue weighted by atomic mass is 9.70. The maximum absolute atomic E-state index is 13.4. The van der Waals surface area contributed by atoms with Crippen LogP contribution in [0, 0.1) is 5.41 Å². The van der Waals surface area contributed by atoms with Gasteiger partial charge in [-0.05, 0) is 37.8 Å². The summed E-state index contributed by atoms with van der Waals surface area (Å²) in [5, 5.41) is 19.6. The maximum atomic E-state index is 13.4. The van der Waals surface area contributed by atoms with E-state index in [0.29, 0.717) is 18.0 Å². The van der Waals surface area contributed by atoms with E-state index < -0.39 is 11.9 Å². The Labute approximate surface area is 205 Å². The third kappa shape index (κ3) is 6.05. The van der Waals surface area contributed by atoms with E-state index >= 15 is 0 Å². The van der Waals surface area contributed by atoms with Gasteiger partial charge in [-0.15, -0.1) is 0 Å². The van der Waals surface area contributed by atoms with Crippen LogP contribution in [-0.2, 0) is 14.4 Å². The van der Waals surface area contributed by atoms with Crippen molar-refractivity contribution in [3.63, 3.8) is 0 Å². The summed E-state index contributed by atoms with van der Waals surface area (Å²) in [6.45, 7) is 7.55. The van der Waals surface area contributed by atoms with Gasteiger partial charge in [0, 0.05) is 57.5 Å². The van der Waals surface area contributed by atoms with E-state index in [-0.39, 0.29) is 5.41 Å². The monoisotopic (exact) mass is 485 g/mol. The van der Waals surface area contributed by atoms with E-state index in [0.717, 1.165) is 76.0 Å². The predicted molar refractivity (Wildman–Crippen MR) is 132 cm³/mol. The van der Waals surface area contributed by atoms with E-state index in [1.807, 2.05) is 18.2 Å². The van der Waals surface area contributed by atoms with Crippen molar-refractivity contribution < 1.29 is 24.6 Å². The van der Waals surface area contributed by atoms with Gasteiger partial charge in [0.05, 0.1) is 10.9 Å². The van der Waals surface area contributed by atoms with Gasteiger partial charge in [-0.1, -0.05) is 19.1 Å². The van der Waals surface area contributed by atoms with Crippen molar-refractivity contribution in [1.29, 1.82) is 0 Å². The third-order valence-corrected chi connectivity index (χ3v) is 6.96. The third-order valence-electron chi connectivity index (χ3n) is 6.96. The number of anilines is 1. The van der Waals surface area contributed by atoms with Gasteiger partial charge in [0.25, 0.3) is 11.9 Å². The van der Waals surface area contributed by atoms with Crippen LogP contribution in [0.5, 0.6) is 0 Å². The van der Waals surface area contributed by atoms with Crippen molar-refractivity contribution in [1.82, 2.24) is 20.2 Å². The number of rotatable bonds is 3. The minimum Gasteiger partial charge on any atom is -0.481 e. The molecule has 3 atom stereocenters. The smallest absolute Gasteiger partial charge is 0.300 e. The van der Waals surface area contributed by atoms with E-state index in [1.54, 1.807) is 6.33 Å². The number of hydrogen-bond acceptors (Lipinski definition) is 7. The summed E-state index contributed by atoms with van der Waals surface area (Å²) in [4.78, 5) is 44.7. The molecular weight excluding hydrogens is 450 g/mol. The van der Waals surface area contributed by atoms with Crippen LogP contribution >= 0.6 is 0 Å². The molecule has 0 unspecified atom stereocenters. The molecule has 35 heavy (non-hydrogen) atoms. The number of para-hydroxylation sites is 1. The Balaban J connectivity index is 0.000000376. The van der Waals surface area contributed by atoms with Crippen LogP contribution in [0.15, 0.2) is 30.6 Å². The van der Waals surface area contributed by atoms with Crippen molar-refractivity contribution >= 4 is 34.6 Å². The zero-order valence-corrected chi connectivity index (χ0v) is 20.6. The number of benzene rings is 1. The molecule has 2 bridgehead atoms. The van der Waals surface area contributed by atoms with E-state index in [9.17, 15) is 4.79 Å². The number of nitrogens with one attached hydrogen (secondary N) is 1. The lowest BCUT2D eigenvalue weighted by Gasteiger charge is -2.42. The van der Waals surface area contributed by atoms with Crippen LogP contribution in [-0.4, -0.2) is 81.2 Å². The Bertz CT molecular complexity index is 1030. The van der Waals surface area contributed by atoms with Gasteiger partial charge in [-0.25, -0.2) is 9.97 Å². The molecule has 0 saturated carbocycles. The Morgan fingerprint density at radius 1 is 1.03 bits per heavy atom. The summed E-state index contributed by atoms with van der Waals surface area (Å²) < 4.78 is 0. The first-order chi connectivity index (χ1) is 16.7. The van der Waals surface area contributed by atoms with Gasteiger partial charge in [0.1, 0.15) is 12.1 Å². The molecule has 4 heterocycles. The van der Waals surface area contributed by atoms with E-state index in [2.05, 4.69) is 38.1 Å². The number of fused-ring (bicyclic) bond motifs is 3.